The number of allylic oxidation sites excluding steroid dienone is 1. The Morgan fingerprint density at radius 2 is 2.20 bits per heavy atom. The molecule has 2 aliphatic rings. The summed E-state index contributed by atoms with van der Waals surface area (Å²) in [6.07, 6.45) is 10.9. The van der Waals surface area contributed by atoms with Gasteiger partial charge in [-0.2, -0.15) is 0 Å². The summed E-state index contributed by atoms with van der Waals surface area (Å²) in [6, 6.07) is 0. The summed E-state index contributed by atoms with van der Waals surface area (Å²) in [4.78, 5) is 18.7. The van der Waals surface area contributed by atoms with Crippen LogP contribution < -0.4 is 0 Å². The first-order valence-electron chi connectivity index (χ1n) is 7.45. The zero-order valence-electron chi connectivity index (χ0n) is 12.1. The standard InChI is InChI=1S/C15H23BrN2O2/c1-2-20-13(19)7-9-15(16)8-6-10-17-14(15)18-11-4-3-5-12-18/h6,8,10,14H,2-5,7,9,11-12H2,1H3. The number of nitrogens with zero attached hydrogens (tertiary/aromatic N) is 2. The maximum absolute atomic E-state index is 11.6. The van der Waals surface area contributed by atoms with Crippen molar-refractivity contribution in [2.75, 3.05) is 19.7 Å². The van der Waals surface area contributed by atoms with Gasteiger partial charge in [-0.3, -0.25) is 14.7 Å². The Kier molecular flexibility index (Phi) is 5.78. The van der Waals surface area contributed by atoms with Gasteiger partial charge < -0.3 is 4.74 Å². The third-order valence-corrected chi connectivity index (χ3v) is 4.94. The smallest absolute Gasteiger partial charge is 0.305 e. The number of ether oxygens (including phenoxy) is 1. The minimum absolute atomic E-state index is 0.0854. The van der Waals surface area contributed by atoms with Crippen LogP contribution in [0.5, 0.6) is 0 Å². The first kappa shape index (κ1) is 15.7. The lowest BCUT2D eigenvalue weighted by Crippen LogP contribution is -2.50. The zero-order chi connectivity index (χ0) is 14.4. The van der Waals surface area contributed by atoms with Crippen LogP contribution >= 0.6 is 15.9 Å². The minimum Gasteiger partial charge on any atom is -0.466 e. The maximum Gasteiger partial charge on any atom is 0.305 e. The summed E-state index contributed by atoms with van der Waals surface area (Å²) < 4.78 is 4.76. The molecule has 1 fully saturated rings. The Balaban J connectivity index is 1.99. The Morgan fingerprint density at radius 3 is 2.90 bits per heavy atom. The number of esters is 1. The molecule has 4 nitrogen and oxygen atoms in total. The fourth-order valence-corrected chi connectivity index (χ4v) is 3.60. The van der Waals surface area contributed by atoms with Crippen molar-refractivity contribution in [3.8, 4) is 0 Å². The average Bonchev–Trinajstić information content (AvgIpc) is 2.47. The number of carbonyl (C=O) groups is 1. The number of rotatable bonds is 5. The Labute approximate surface area is 129 Å². The molecular weight excluding hydrogens is 320 g/mol. The van der Waals surface area contributed by atoms with Crippen LogP contribution in [0.1, 0.15) is 39.0 Å². The quantitative estimate of drug-likeness (QED) is 0.569. The van der Waals surface area contributed by atoms with E-state index in [-0.39, 0.29) is 16.5 Å². The van der Waals surface area contributed by atoms with Crippen LogP contribution in [0.15, 0.2) is 17.1 Å². The summed E-state index contributed by atoms with van der Waals surface area (Å²) in [7, 11) is 0. The molecule has 0 bridgehead atoms. The van der Waals surface area contributed by atoms with Crippen molar-refractivity contribution in [3.05, 3.63) is 12.2 Å². The van der Waals surface area contributed by atoms with Gasteiger partial charge in [-0.15, -0.1) is 0 Å². The van der Waals surface area contributed by atoms with E-state index >= 15 is 0 Å². The fourth-order valence-electron chi connectivity index (χ4n) is 2.84. The van der Waals surface area contributed by atoms with Crippen molar-refractivity contribution in [2.24, 2.45) is 4.99 Å². The van der Waals surface area contributed by atoms with Gasteiger partial charge in [-0.25, -0.2) is 0 Å². The lowest BCUT2D eigenvalue weighted by atomic mass is 9.95. The van der Waals surface area contributed by atoms with Gasteiger partial charge in [0.15, 0.2) is 0 Å². The molecule has 5 heteroatoms. The zero-order valence-corrected chi connectivity index (χ0v) is 13.6. The number of hydrogen-bond acceptors (Lipinski definition) is 4. The van der Waals surface area contributed by atoms with Gasteiger partial charge in [0.05, 0.1) is 10.9 Å². The second-order valence-corrected chi connectivity index (χ2v) is 6.84. The Morgan fingerprint density at radius 1 is 1.45 bits per heavy atom. The lowest BCUT2D eigenvalue weighted by molar-refractivity contribution is -0.143. The molecule has 0 spiro atoms. The lowest BCUT2D eigenvalue weighted by Gasteiger charge is -2.41. The number of hydrogen-bond donors (Lipinski definition) is 0. The van der Waals surface area contributed by atoms with Crippen LogP contribution in [-0.2, 0) is 9.53 Å². The highest BCUT2D eigenvalue weighted by Gasteiger charge is 2.39. The number of halogens is 1. The van der Waals surface area contributed by atoms with E-state index in [1.54, 1.807) is 0 Å². The third kappa shape index (κ3) is 3.92. The normalized spacial score (nSPS) is 30.4. The van der Waals surface area contributed by atoms with Crippen LogP contribution in [0.25, 0.3) is 0 Å². The molecule has 0 aromatic carbocycles. The van der Waals surface area contributed by atoms with Crippen molar-refractivity contribution >= 4 is 28.1 Å². The molecule has 0 radical (unpaired) electrons. The Hall–Kier alpha value is -0.680. The van der Waals surface area contributed by atoms with Gasteiger partial charge in [-0.1, -0.05) is 28.4 Å². The summed E-state index contributed by atoms with van der Waals surface area (Å²) in [5.74, 6) is -0.133. The number of likely N-dealkylation sites (tertiary alicyclic amines) is 1. The molecule has 112 valence electrons. The molecule has 2 rings (SSSR count). The monoisotopic (exact) mass is 342 g/mol. The van der Waals surface area contributed by atoms with E-state index in [0.717, 1.165) is 13.1 Å². The van der Waals surface area contributed by atoms with Crippen LogP contribution in [0.4, 0.5) is 0 Å². The SMILES string of the molecule is CCOC(=O)CCC1(Br)C=CC=NC1N1CCCCC1. The van der Waals surface area contributed by atoms with E-state index in [1.807, 2.05) is 19.2 Å². The summed E-state index contributed by atoms with van der Waals surface area (Å²) in [5.41, 5.74) is 0. The number of carbonyl (C=O) groups excluding carboxylic acids is 1. The van der Waals surface area contributed by atoms with Gasteiger partial charge in [0.25, 0.3) is 0 Å². The molecular formula is C15H23BrN2O2. The van der Waals surface area contributed by atoms with Crippen molar-refractivity contribution < 1.29 is 9.53 Å². The van der Waals surface area contributed by atoms with E-state index in [2.05, 4.69) is 31.9 Å². The van der Waals surface area contributed by atoms with Crippen molar-refractivity contribution in [1.29, 1.82) is 0 Å². The molecule has 0 aromatic heterocycles. The Bertz CT molecular complexity index is 391. The van der Waals surface area contributed by atoms with Crippen LogP contribution in [0, 0.1) is 0 Å². The van der Waals surface area contributed by atoms with E-state index in [1.165, 1.54) is 19.3 Å². The minimum atomic E-state index is -0.258. The van der Waals surface area contributed by atoms with Crippen molar-refractivity contribution in [2.45, 2.75) is 49.5 Å². The first-order chi connectivity index (χ1) is 9.65. The summed E-state index contributed by atoms with van der Waals surface area (Å²) in [6.45, 7) is 4.45. The third-order valence-electron chi connectivity index (χ3n) is 3.87. The second-order valence-electron chi connectivity index (χ2n) is 5.36. The van der Waals surface area contributed by atoms with Crippen LogP contribution in [0.2, 0.25) is 0 Å². The number of dihydropyridines is 1. The molecule has 0 aromatic rings. The van der Waals surface area contributed by atoms with Gasteiger partial charge >= 0.3 is 5.97 Å². The number of piperidine rings is 1. The highest BCUT2D eigenvalue weighted by atomic mass is 79.9. The highest BCUT2D eigenvalue weighted by molar-refractivity contribution is 9.10. The predicted molar refractivity (Wildman–Crippen MR) is 84.4 cm³/mol. The van der Waals surface area contributed by atoms with Gasteiger partial charge in [0.2, 0.25) is 0 Å². The molecule has 0 aliphatic carbocycles. The molecule has 0 amide bonds. The molecule has 0 N–H and O–H groups in total. The summed E-state index contributed by atoms with van der Waals surface area (Å²) >= 11 is 3.83. The number of aliphatic imine (C=N–C) groups is 1. The second kappa shape index (κ2) is 7.36. The van der Waals surface area contributed by atoms with E-state index in [0.29, 0.717) is 19.4 Å². The van der Waals surface area contributed by atoms with E-state index in [9.17, 15) is 4.79 Å². The average molecular weight is 343 g/mol. The van der Waals surface area contributed by atoms with E-state index in [4.69, 9.17) is 4.74 Å². The molecule has 2 unspecified atom stereocenters. The van der Waals surface area contributed by atoms with Crippen molar-refractivity contribution in [3.63, 3.8) is 0 Å². The molecule has 0 saturated carbocycles. The molecule has 2 heterocycles. The van der Waals surface area contributed by atoms with E-state index < -0.39 is 0 Å². The fraction of sp³-hybridized carbons (Fsp3) is 0.733. The summed E-state index contributed by atoms with van der Waals surface area (Å²) in [5, 5.41) is 0. The van der Waals surface area contributed by atoms with Gasteiger partial charge in [-0.05, 0) is 32.3 Å². The predicted octanol–water partition coefficient (Wildman–Crippen LogP) is 2.92. The van der Waals surface area contributed by atoms with Crippen LogP contribution in [0.3, 0.4) is 0 Å². The van der Waals surface area contributed by atoms with Gasteiger partial charge in [0.1, 0.15) is 6.17 Å². The molecule has 1 saturated heterocycles. The topological polar surface area (TPSA) is 41.9 Å². The van der Waals surface area contributed by atoms with Crippen LogP contribution in [-0.4, -0.2) is 47.3 Å². The van der Waals surface area contributed by atoms with Crippen molar-refractivity contribution in [1.82, 2.24) is 4.90 Å². The van der Waals surface area contributed by atoms with Gasteiger partial charge in [0, 0.05) is 25.7 Å². The molecule has 2 aliphatic heterocycles. The first-order valence-corrected chi connectivity index (χ1v) is 8.24. The highest BCUT2D eigenvalue weighted by Crippen LogP contribution is 2.36. The number of alkyl halides is 1. The molecule has 2 atom stereocenters. The largest absolute Gasteiger partial charge is 0.466 e. The molecule has 20 heavy (non-hydrogen) atoms. The maximum atomic E-state index is 11.6.